The van der Waals surface area contributed by atoms with Crippen LogP contribution in [0.5, 0.6) is 69.0 Å². The average Bonchev–Trinajstić information content (AvgIpc) is 3.63. The zero-order valence-corrected chi connectivity index (χ0v) is 35.4. The van der Waals surface area contributed by atoms with Crippen molar-refractivity contribution in [2.45, 2.75) is 61.4 Å². The Hall–Kier alpha value is -9.21. The number of aromatic hydroxyl groups is 11. The molecular weight excluding hydrogens is 960 g/mol. The Balaban J connectivity index is 1.30. The van der Waals surface area contributed by atoms with Gasteiger partial charge in [-0.25, -0.2) is 24.0 Å². The van der Waals surface area contributed by atoms with Crippen LogP contribution in [0.1, 0.15) is 66.3 Å². The van der Waals surface area contributed by atoms with Crippen molar-refractivity contribution in [1.29, 1.82) is 0 Å². The Bertz CT molecular complexity index is 3150. The normalized spacial score (nSPS) is 26.4. The number of phenols is 11. The minimum Gasteiger partial charge on any atom is -0.504 e. The highest BCUT2D eigenvalue weighted by molar-refractivity contribution is 6.11. The van der Waals surface area contributed by atoms with E-state index in [9.17, 15) is 99.9 Å². The first-order valence-electron chi connectivity index (χ1n) is 20.2. The second kappa shape index (κ2) is 15.9. The molecule has 4 aromatic carbocycles. The molecule has 5 aliphatic rings. The molecule has 0 saturated carbocycles. The molecule has 27 heteroatoms. The third kappa shape index (κ3) is 6.88. The molecular formula is C44H32O27. The second-order valence-corrected chi connectivity index (χ2v) is 16.5. The standard InChI is InChI=1S/C44H32O27/c1-10(45)8-43(63)22(51)7-15-26-25-14(6-20(50)30(55)34(25)71-44(26,43)64)40(61)67-33-21-9-65-38(59)12-4-18(48)28(53)31(56)23(12)24-13(5-19(49)29(54)32(24)57)39(60)68-35(33)36(69-41(15)62)42(66-21)70-37(58)11-2-16(46)27(52)17(47)3-11/h2-7,21,26,33,35-36,42,46-50,52-57,63-64H,8-9H2,1H3/t21-,26+,33-,35+,36-,42+,43+,44-/m1/s1. The predicted molar refractivity (Wildman–Crippen MR) is 217 cm³/mol. The van der Waals surface area contributed by atoms with Gasteiger partial charge < -0.3 is 99.5 Å². The quantitative estimate of drug-likeness (QED) is 0.0723. The molecule has 1 fully saturated rings. The van der Waals surface area contributed by atoms with Gasteiger partial charge >= 0.3 is 29.8 Å². The van der Waals surface area contributed by atoms with Crippen molar-refractivity contribution in [3.05, 3.63) is 69.8 Å². The van der Waals surface area contributed by atoms with Gasteiger partial charge in [0.1, 0.15) is 18.5 Å². The minimum absolute atomic E-state index is 0.338. The third-order valence-electron chi connectivity index (χ3n) is 12.2. The number of cyclic esters (lactones) is 1. The maximum absolute atomic E-state index is 14.8. The highest BCUT2D eigenvalue weighted by atomic mass is 16.7. The van der Waals surface area contributed by atoms with E-state index in [1.807, 2.05) is 0 Å². The number of esters is 5. The lowest BCUT2D eigenvalue weighted by atomic mass is 9.67. The average molecular weight is 993 g/mol. The number of carbonyl (C=O) groups is 7. The first-order chi connectivity index (χ1) is 33.3. The van der Waals surface area contributed by atoms with Crippen LogP contribution in [0.4, 0.5) is 0 Å². The summed E-state index contributed by atoms with van der Waals surface area (Å²) in [6.07, 6.45) is -13.2. The molecule has 1 saturated heterocycles. The molecule has 9 rings (SSSR count). The van der Waals surface area contributed by atoms with E-state index < -0.39 is 216 Å². The van der Waals surface area contributed by atoms with Gasteiger partial charge in [-0.3, -0.25) is 9.59 Å². The van der Waals surface area contributed by atoms with Crippen molar-refractivity contribution < 1.29 is 133 Å². The van der Waals surface area contributed by atoms with Gasteiger partial charge in [0, 0.05) is 23.1 Å². The molecule has 4 bridgehead atoms. The van der Waals surface area contributed by atoms with Crippen LogP contribution in [0.2, 0.25) is 0 Å². The summed E-state index contributed by atoms with van der Waals surface area (Å²) < 4.78 is 39.7. The van der Waals surface area contributed by atoms with E-state index in [0.29, 0.717) is 36.4 Å². The Labute approximate surface area is 391 Å². The highest BCUT2D eigenvalue weighted by Gasteiger charge is 2.71. The second-order valence-electron chi connectivity index (χ2n) is 16.5. The third-order valence-corrected chi connectivity index (χ3v) is 12.2. The molecule has 4 aliphatic heterocycles. The van der Waals surface area contributed by atoms with Gasteiger partial charge in [0.05, 0.1) is 33.7 Å². The van der Waals surface area contributed by atoms with Gasteiger partial charge in [-0.2, -0.15) is 0 Å². The van der Waals surface area contributed by atoms with Crippen molar-refractivity contribution in [3.63, 3.8) is 0 Å². The van der Waals surface area contributed by atoms with Crippen molar-refractivity contribution in [2.24, 2.45) is 0 Å². The molecule has 0 spiro atoms. The number of aliphatic hydroxyl groups is 2. The van der Waals surface area contributed by atoms with Crippen molar-refractivity contribution in [3.8, 4) is 80.1 Å². The summed E-state index contributed by atoms with van der Waals surface area (Å²) in [4.78, 5) is 98.4. The number of phenolic OH excluding ortho intramolecular Hbond substituents is 11. The molecule has 0 unspecified atom stereocenters. The van der Waals surface area contributed by atoms with E-state index in [0.717, 1.165) is 6.92 Å². The van der Waals surface area contributed by atoms with Gasteiger partial charge in [-0.05, 0) is 43.3 Å². The monoisotopic (exact) mass is 992 g/mol. The van der Waals surface area contributed by atoms with E-state index >= 15 is 0 Å². The number of ketones is 2. The largest absolute Gasteiger partial charge is 0.504 e. The van der Waals surface area contributed by atoms with Crippen LogP contribution in [0.3, 0.4) is 0 Å². The van der Waals surface area contributed by atoms with E-state index in [1.165, 1.54) is 0 Å². The lowest BCUT2D eigenvalue weighted by molar-refractivity contribution is -0.287. The maximum atomic E-state index is 14.8. The zero-order valence-electron chi connectivity index (χ0n) is 35.4. The Morgan fingerprint density at radius 1 is 0.620 bits per heavy atom. The smallest absolute Gasteiger partial charge is 0.340 e. The fraction of sp³-hybridized carbons (Fsp3) is 0.250. The Morgan fingerprint density at radius 3 is 1.72 bits per heavy atom. The Morgan fingerprint density at radius 2 is 1.13 bits per heavy atom. The minimum atomic E-state index is -3.56. The summed E-state index contributed by atoms with van der Waals surface area (Å²) >= 11 is 0. The van der Waals surface area contributed by atoms with Crippen LogP contribution in [-0.2, 0) is 42.8 Å². The lowest BCUT2D eigenvalue weighted by Crippen LogP contribution is -2.67. The van der Waals surface area contributed by atoms with E-state index in [4.69, 9.17) is 33.2 Å². The number of hydrogen-bond donors (Lipinski definition) is 13. The lowest BCUT2D eigenvalue weighted by Gasteiger charge is -2.45. The number of benzene rings is 4. The van der Waals surface area contributed by atoms with Crippen molar-refractivity contribution in [2.75, 3.05) is 6.61 Å². The number of Topliss-reactive ketones (excluding diaryl/α,β-unsaturated/α-hetero) is 1. The van der Waals surface area contributed by atoms with Gasteiger partial charge in [-0.1, -0.05) is 0 Å². The molecule has 0 radical (unpaired) electrons. The van der Waals surface area contributed by atoms with Gasteiger partial charge in [0.2, 0.25) is 29.6 Å². The molecule has 4 aromatic rings. The van der Waals surface area contributed by atoms with Crippen LogP contribution < -0.4 is 4.74 Å². The van der Waals surface area contributed by atoms with Crippen LogP contribution in [0.15, 0.2) is 42.0 Å². The first-order valence-corrected chi connectivity index (χ1v) is 20.2. The number of rotatable bonds is 4. The van der Waals surface area contributed by atoms with E-state index in [1.54, 1.807) is 0 Å². The molecule has 71 heavy (non-hydrogen) atoms. The number of carbonyl (C=O) groups excluding carboxylic acids is 7. The summed E-state index contributed by atoms with van der Waals surface area (Å²) in [6, 6.07) is 2.44. The molecule has 13 N–H and O–H groups in total. The van der Waals surface area contributed by atoms with Crippen LogP contribution in [-0.4, -0.2) is 156 Å². The van der Waals surface area contributed by atoms with Gasteiger partial charge in [0.25, 0.3) is 5.79 Å². The molecule has 0 aromatic heterocycles. The predicted octanol–water partition coefficient (Wildman–Crippen LogP) is -0.0722. The molecule has 0 amide bonds. The van der Waals surface area contributed by atoms with Crippen LogP contribution in [0.25, 0.3) is 11.1 Å². The number of hydrogen-bond acceptors (Lipinski definition) is 27. The summed E-state index contributed by atoms with van der Waals surface area (Å²) in [7, 11) is 0. The summed E-state index contributed by atoms with van der Waals surface area (Å²) in [6.45, 7) is -0.407. The van der Waals surface area contributed by atoms with Gasteiger partial charge in [-0.15, -0.1) is 0 Å². The molecule has 8 atom stereocenters. The van der Waals surface area contributed by atoms with Gasteiger partial charge in [0.15, 0.2) is 75.3 Å². The Kier molecular flexibility index (Phi) is 10.5. The fourth-order valence-electron chi connectivity index (χ4n) is 8.90. The van der Waals surface area contributed by atoms with E-state index in [2.05, 4.69) is 0 Å². The summed E-state index contributed by atoms with van der Waals surface area (Å²) in [5.74, 6) is -32.4. The molecule has 4 heterocycles. The topological polar surface area (TPSA) is 447 Å². The number of fused-ring (bicyclic) bond motifs is 3. The van der Waals surface area contributed by atoms with Crippen molar-refractivity contribution >= 4 is 41.4 Å². The SMILES string of the molecule is CC(=O)C[C@]1(O)C(=O)C=C2C(=O)O[C@H]3[C@H](OC(=O)c4cc(O)c(O)c(O)c4)O[C@@H]4COC(=O)c5cc(O)c(O)c(O)c5-c5c(cc(O)c(O)c5O)C(=O)O[C@H]3[C@@H]4OC(=O)c3cc(O)c(O)c4c3[C@H]2[C@@]1(O)O4. The van der Waals surface area contributed by atoms with Crippen LogP contribution >= 0.6 is 0 Å². The summed E-state index contributed by atoms with van der Waals surface area (Å²) in [5.41, 5.74) is -11.4. The van der Waals surface area contributed by atoms with Crippen LogP contribution in [0, 0.1) is 0 Å². The first kappa shape index (κ1) is 46.9. The molecule has 370 valence electrons. The van der Waals surface area contributed by atoms with Crippen molar-refractivity contribution in [1.82, 2.24) is 0 Å². The van der Waals surface area contributed by atoms with E-state index in [-0.39, 0.29) is 0 Å². The molecule has 27 nitrogen and oxygen atoms in total. The molecule has 1 aliphatic carbocycles. The number of ether oxygens (including phenoxy) is 7. The fourth-order valence-corrected chi connectivity index (χ4v) is 8.90. The highest BCUT2D eigenvalue weighted by Crippen LogP contribution is 2.61. The zero-order chi connectivity index (χ0) is 51.7. The maximum Gasteiger partial charge on any atom is 0.340 e. The summed E-state index contributed by atoms with van der Waals surface area (Å²) in [5, 5.41) is 141.